The highest BCUT2D eigenvalue weighted by Gasteiger charge is 2.20. The van der Waals surface area contributed by atoms with Crippen LogP contribution in [0.15, 0.2) is 40.9 Å². The summed E-state index contributed by atoms with van der Waals surface area (Å²) in [4.78, 5) is 28.8. The van der Waals surface area contributed by atoms with E-state index < -0.39 is 5.97 Å². The van der Waals surface area contributed by atoms with Gasteiger partial charge in [-0.15, -0.1) is 0 Å². The molecule has 0 bridgehead atoms. The normalized spacial score (nSPS) is 12.0. The predicted molar refractivity (Wildman–Crippen MR) is 116 cm³/mol. The fraction of sp³-hybridized carbons (Fsp3) is 0.375. The van der Waals surface area contributed by atoms with Gasteiger partial charge >= 0.3 is 5.97 Å². The smallest absolute Gasteiger partial charge is 0.306 e. The van der Waals surface area contributed by atoms with Gasteiger partial charge in [0, 0.05) is 36.0 Å². The molecule has 1 aromatic carbocycles. The topological polar surface area (TPSA) is 83.6 Å². The van der Waals surface area contributed by atoms with Crippen molar-refractivity contribution in [3.05, 3.63) is 65.2 Å². The number of aryl methyl sites for hydroxylation is 2. The van der Waals surface area contributed by atoms with Crippen LogP contribution in [0.3, 0.4) is 0 Å². The second-order valence-corrected chi connectivity index (χ2v) is 7.67. The summed E-state index contributed by atoms with van der Waals surface area (Å²) in [6.07, 6.45) is 1.79. The quantitative estimate of drug-likeness (QED) is 0.340. The van der Waals surface area contributed by atoms with Crippen LogP contribution in [0.4, 0.5) is 4.39 Å². The Morgan fingerprint density at radius 1 is 1.22 bits per heavy atom. The van der Waals surface area contributed by atoms with Crippen LogP contribution in [-0.4, -0.2) is 41.6 Å². The molecular formula is C24H27FN2O5. The van der Waals surface area contributed by atoms with Gasteiger partial charge in [-0.25, -0.2) is 9.37 Å². The fourth-order valence-corrected chi connectivity index (χ4v) is 3.73. The number of methoxy groups -OCH3 is 1. The number of oxazole rings is 1. The molecule has 0 amide bonds. The maximum Gasteiger partial charge on any atom is 0.306 e. The first kappa shape index (κ1) is 23.4. The second-order valence-electron chi connectivity index (χ2n) is 7.67. The molecule has 1 atom stereocenters. The van der Waals surface area contributed by atoms with Crippen LogP contribution < -0.4 is 0 Å². The molecule has 3 aromatic rings. The van der Waals surface area contributed by atoms with Crippen molar-refractivity contribution in [1.29, 1.82) is 0 Å². The molecule has 0 N–H and O–H groups in total. The Balaban J connectivity index is 1.52. The van der Waals surface area contributed by atoms with Crippen molar-refractivity contribution in [3.63, 3.8) is 0 Å². The summed E-state index contributed by atoms with van der Waals surface area (Å²) in [6.45, 7) is 6.02. The van der Waals surface area contributed by atoms with E-state index in [0.29, 0.717) is 29.4 Å². The number of aromatic nitrogens is 2. The zero-order valence-corrected chi connectivity index (χ0v) is 18.7. The highest BCUT2D eigenvalue weighted by molar-refractivity contribution is 5.99. The highest BCUT2D eigenvalue weighted by atomic mass is 19.1. The molecule has 32 heavy (non-hydrogen) atoms. The van der Waals surface area contributed by atoms with Gasteiger partial charge in [0.1, 0.15) is 5.82 Å². The Kier molecular flexibility index (Phi) is 7.58. The van der Waals surface area contributed by atoms with Crippen molar-refractivity contribution in [2.24, 2.45) is 0 Å². The van der Waals surface area contributed by atoms with Gasteiger partial charge in [-0.2, -0.15) is 0 Å². The van der Waals surface area contributed by atoms with Gasteiger partial charge in [-0.1, -0.05) is 0 Å². The zero-order valence-electron chi connectivity index (χ0n) is 18.7. The number of ketones is 1. The monoisotopic (exact) mass is 442 g/mol. The van der Waals surface area contributed by atoms with E-state index in [2.05, 4.69) is 4.98 Å². The van der Waals surface area contributed by atoms with E-state index in [9.17, 15) is 14.0 Å². The number of rotatable bonds is 10. The lowest BCUT2D eigenvalue weighted by Crippen LogP contribution is -2.17. The third-order valence-electron chi connectivity index (χ3n) is 5.22. The molecule has 0 radical (unpaired) electrons. The van der Waals surface area contributed by atoms with E-state index in [1.807, 2.05) is 25.3 Å². The third-order valence-corrected chi connectivity index (χ3v) is 5.22. The van der Waals surface area contributed by atoms with Gasteiger partial charge in [0.2, 0.25) is 5.78 Å². The molecule has 1 unspecified atom stereocenters. The highest BCUT2D eigenvalue weighted by Crippen LogP contribution is 2.22. The Labute approximate surface area is 186 Å². The van der Waals surface area contributed by atoms with Crippen molar-refractivity contribution in [3.8, 4) is 11.3 Å². The Morgan fingerprint density at radius 2 is 1.94 bits per heavy atom. The van der Waals surface area contributed by atoms with Crippen LogP contribution in [0.5, 0.6) is 0 Å². The van der Waals surface area contributed by atoms with Gasteiger partial charge in [0.15, 0.2) is 18.3 Å². The Hall–Kier alpha value is -3.26. The van der Waals surface area contributed by atoms with Gasteiger partial charge in [-0.05, 0) is 51.1 Å². The molecule has 8 heteroatoms. The predicted octanol–water partition coefficient (Wildman–Crippen LogP) is 4.47. The van der Waals surface area contributed by atoms with Crippen LogP contribution in [0.25, 0.3) is 11.3 Å². The molecule has 0 saturated heterocycles. The van der Waals surface area contributed by atoms with Crippen LogP contribution in [0.1, 0.15) is 47.0 Å². The van der Waals surface area contributed by atoms with Crippen LogP contribution >= 0.6 is 0 Å². The molecule has 0 aliphatic heterocycles. The van der Waals surface area contributed by atoms with Gasteiger partial charge in [-0.3, -0.25) is 9.59 Å². The van der Waals surface area contributed by atoms with E-state index in [1.54, 1.807) is 25.3 Å². The number of esters is 1. The summed E-state index contributed by atoms with van der Waals surface area (Å²) in [5.74, 6) is -0.249. The molecule has 0 fully saturated rings. The standard InChI is InChI=1S/C24H27FN2O5/c1-15-11-20(17(3)27(15)16(2)13-30-4)21(28)14-31-24(29)10-9-23-26-12-22(32-23)18-5-7-19(25)8-6-18/h5-8,11-12,16H,9-10,13-14H2,1-4H3. The first-order valence-corrected chi connectivity index (χ1v) is 10.4. The molecule has 2 aromatic heterocycles. The SMILES string of the molecule is COCC(C)n1c(C)cc(C(=O)COC(=O)CCc2ncc(-c3ccc(F)cc3)o2)c1C. The molecular weight excluding hydrogens is 415 g/mol. The number of benzene rings is 1. The minimum atomic E-state index is -0.513. The largest absolute Gasteiger partial charge is 0.457 e. The lowest BCUT2D eigenvalue weighted by molar-refractivity contribution is -0.142. The first-order valence-electron chi connectivity index (χ1n) is 10.4. The minimum absolute atomic E-state index is 0.0283. The van der Waals surface area contributed by atoms with Gasteiger partial charge in [0.05, 0.1) is 25.3 Å². The van der Waals surface area contributed by atoms with E-state index in [0.717, 1.165) is 11.4 Å². The molecule has 2 heterocycles. The molecule has 0 aliphatic rings. The fourth-order valence-electron chi connectivity index (χ4n) is 3.73. The number of Topliss-reactive ketones (excluding diaryl/α,β-unsaturated/α-hetero) is 1. The molecule has 3 rings (SSSR count). The van der Waals surface area contributed by atoms with Crippen LogP contribution in [0.2, 0.25) is 0 Å². The van der Waals surface area contributed by atoms with E-state index in [4.69, 9.17) is 13.9 Å². The van der Waals surface area contributed by atoms with Crippen molar-refractivity contribution < 1.29 is 27.9 Å². The summed E-state index contributed by atoms with van der Waals surface area (Å²) >= 11 is 0. The van der Waals surface area contributed by atoms with Crippen LogP contribution in [0, 0.1) is 19.7 Å². The molecule has 0 aliphatic carbocycles. The summed E-state index contributed by atoms with van der Waals surface area (Å²) in [5.41, 5.74) is 2.99. The summed E-state index contributed by atoms with van der Waals surface area (Å²) in [6, 6.07) is 7.74. The zero-order chi connectivity index (χ0) is 23.3. The first-order chi connectivity index (χ1) is 15.3. The van der Waals surface area contributed by atoms with Crippen LogP contribution in [-0.2, 0) is 20.7 Å². The molecule has 170 valence electrons. The molecule has 0 saturated carbocycles. The van der Waals surface area contributed by atoms with Crippen molar-refractivity contribution in [2.45, 2.75) is 39.7 Å². The van der Waals surface area contributed by atoms with E-state index >= 15 is 0 Å². The molecule has 0 spiro atoms. The maximum absolute atomic E-state index is 13.0. The van der Waals surface area contributed by atoms with Crippen molar-refractivity contribution in [1.82, 2.24) is 9.55 Å². The number of carbonyl (C=O) groups excluding carboxylic acids is 2. The number of halogens is 1. The number of hydrogen-bond donors (Lipinski definition) is 0. The van der Waals surface area contributed by atoms with Gasteiger partial charge < -0.3 is 18.5 Å². The average molecular weight is 442 g/mol. The number of ether oxygens (including phenoxy) is 2. The number of carbonyl (C=O) groups is 2. The lowest BCUT2D eigenvalue weighted by Gasteiger charge is -2.17. The van der Waals surface area contributed by atoms with Gasteiger partial charge in [0.25, 0.3) is 0 Å². The third kappa shape index (κ3) is 5.50. The van der Waals surface area contributed by atoms with E-state index in [1.165, 1.54) is 18.3 Å². The summed E-state index contributed by atoms with van der Waals surface area (Å²) in [5, 5.41) is 0. The molecule has 7 nitrogen and oxygen atoms in total. The van der Waals surface area contributed by atoms with Crippen molar-refractivity contribution >= 4 is 11.8 Å². The number of hydrogen-bond acceptors (Lipinski definition) is 6. The second kappa shape index (κ2) is 10.4. The average Bonchev–Trinajstić information content (AvgIpc) is 3.35. The summed E-state index contributed by atoms with van der Waals surface area (Å²) in [7, 11) is 1.64. The van der Waals surface area contributed by atoms with E-state index in [-0.39, 0.29) is 37.1 Å². The van der Waals surface area contributed by atoms with Crippen molar-refractivity contribution in [2.75, 3.05) is 20.3 Å². The lowest BCUT2D eigenvalue weighted by atomic mass is 10.1. The maximum atomic E-state index is 13.0. The number of nitrogens with zero attached hydrogens (tertiary/aromatic N) is 2. The minimum Gasteiger partial charge on any atom is -0.457 e. The Morgan fingerprint density at radius 3 is 2.62 bits per heavy atom. The summed E-state index contributed by atoms with van der Waals surface area (Å²) < 4.78 is 31.1. The Bertz CT molecular complexity index is 1080.